The van der Waals surface area contributed by atoms with E-state index in [2.05, 4.69) is 24.9 Å². The van der Waals surface area contributed by atoms with Crippen molar-refractivity contribution in [2.45, 2.75) is 31.7 Å². The normalized spacial score (nSPS) is 16.7. The molecule has 8 nitrogen and oxygen atoms in total. The Hall–Kier alpha value is -3.89. The van der Waals surface area contributed by atoms with Gasteiger partial charge in [-0.25, -0.2) is 23.4 Å². The maximum atomic E-state index is 14.9. The van der Waals surface area contributed by atoms with E-state index in [0.29, 0.717) is 38.7 Å². The van der Waals surface area contributed by atoms with Crippen molar-refractivity contribution in [3.8, 4) is 5.88 Å². The highest BCUT2D eigenvalue weighted by atomic mass is 19.1. The number of benzene rings is 2. The van der Waals surface area contributed by atoms with E-state index < -0.39 is 23.3 Å². The molecule has 0 unspecified atom stereocenters. The third-order valence-corrected chi connectivity index (χ3v) is 7.14. The van der Waals surface area contributed by atoms with Crippen molar-refractivity contribution >= 4 is 5.69 Å². The first-order chi connectivity index (χ1) is 18.4. The molecule has 1 fully saturated rings. The van der Waals surface area contributed by atoms with Gasteiger partial charge in [-0.05, 0) is 24.6 Å². The van der Waals surface area contributed by atoms with Gasteiger partial charge < -0.3 is 14.7 Å². The van der Waals surface area contributed by atoms with E-state index in [0.717, 1.165) is 23.4 Å². The molecule has 2 atom stereocenters. The lowest BCUT2D eigenvalue weighted by Crippen LogP contribution is -2.57. The molecule has 10 heteroatoms. The summed E-state index contributed by atoms with van der Waals surface area (Å²) in [5.74, 6) is -0.927. The molecule has 0 bridgehead atoms. The van der Waals surface area contributed by atoms with Crippen LogP contribution in [0.15, 0.2) is 79.5 Å². The summed E-state index contributed by atoms with van der Waals surface area (Å²) in [5, 5.41) is 16.0. The Kier molecular flexibility index (Phi) is 7.62. The zero-order valence-corrected chi connectivity index (χ0v) is 21.1. The van der Waals surface area contributed by atoms with Crippen molar-refractivity contribution in [2.24, 2.45) is 0 Å². The average molecular weight is 521 g/mol. The second kappa shape index (κ2) is 11.2. The molecule has 1 saturated heterocycles. The molecule has 4 aromatic rings. The van der Waals surface area contributed by atoms with Crippen LogP contribution in [0.2, 0.25) is 0 Å². The van der Waals surface area contributed by atoms with Crippen LogP contribution in [0.4, 0.5) is 14.5 Å². The first-order valence-electron chi connectivity index (χ1n) is 12.5. The molecule has 3 heterocycles. The molecule has 5 rings (SSSR count). The van der Waals surface area contributed by atoms with Crippen LogP contribution in [0, 0.1) is 11.6 Å². The Balaban J connectivity index is 1.24. The number of aliphatic hydroxyl groups is 1. The number of nitrogens with zero attached hydrogens (tertiary/aromatic N) is 6. The minimum atomic E-state index is -1.66. The molecule has 38 heavy (non-hydrogen) atoms. The highest BCUT2D eigenvalue weighted by molar-refractivity contribution is 5.46. The van der Waals surface area contributed by atoms with Gasteiger partial charge in [0, 0.05) is 49.9 Å². The van der Waals surface area contributed by atoms with Gasteiger partial charge >= 0.3 is 0 Å². The number of aromatic nitrogens is 4. The van der Waals surface area contributed by atoms with Gasteiger partial charge in [0.05, 0.1) is 18.4 Å². The van der Waals surface area contributed by atoms with Crippen LogP contribution in [0.1, 0.15) is 18.1 Å². The molecule has 0 radical (unpaired) electrons. The lowest BCUT2D eigenvalue weighted by atomic mass is 9.85. The van der Waals surface area contributed by atoms with Gasteiger partial charge in [0.1, 0.15) is 36.5 Å². The quantitative estimate of drug-likeness (QED) is 0.361. The Bertz CT molecular complexity index is 1320. The van der Waals surface area contributed by atoms with E-state index >= 15 is 0 Å². The summed E-state index contributed by atoms with van der Waals surface area (Å²) in [6.45, 7) is 4.95. The lowest BCUT2D eigenvalue weighted by Gasteiger charge is -2.45. The topological polar surface area (TPSA) is 79.5 Å². The van der Waals surface area contributed by atoms with Crippen LogP contribution >= 0.6 is 0 Å². The Morgan fingerprint density at radius 2 is 1.82 bits per heavy atom. The van der Waals surface area contributed by atoms with E-state index in [1.54, 1.807) is 6.20 Å². The fraction of sp³-hybridized carbons (Fsp3) is 0.321. The van der Waals surface area contributed by atoms with Gasteiger partial charge in [0.15, 0.2) is 0 Å². The maximum absolute atomic E-state index is 14.9. The van der Waals surface area contributed by atoms with Gasteiger partial charge in [-0.3, -0.25) is 4.90 Å². The Labute approximate surface area is 220 Å². The largest absolute Gasteiger partial charge is 0.473 e. The zero-order chi connectivity index (χ0) is 26.5. The number of piperazine rings is 1. The average Bonchev–Trinajstić information content (AvgIpc) is 3.45. The fourth-order valence-corrected chi connectivity index (χ4v) is 4.89. The highest BCUT2D eigenvalue weighted by Crippen LogP contribution is 2.33. The second-order valence-electron chi connectivity index (χ2n) is 9.47. The van der Waals surface area contributed by atoms with Gasteiger partial charge in [-0.15, -0.1) is 0 Å². The van der Waals surface area contributed by atoms with Crippen LogP contribution in [0.3, 0.4) is 0 Å². The first-order valence-corrected chi connectivity index (χ1v) is 12.5. The van der Waals surface area contributed by atoms with Gasteiger partial charge in [-0.2, -0.15) is 5.10 Å². The molecule has 0 aliphatic carbocycles. The predicted octanol–water partition coefficient (Wildman–Crippen LogP) is 3.63. The van der Waals surface area contributed by atoms with Crippen molar-refractivity contribution in [3.05, 3.63) is 102 Å². The number of hydrogen-bond donors (Lipinski definition) is 1. The number of anilines is 1. The molecule has 0 spiro atoms. The van der Waals surface area contributed by atoms with E-state index in [4.69, 9.17) is 4.74 Å². The van der Waals surface area contributed by atoms with Crippen molar-refractivity contribution < 1.29 is 18.6 Å². The van der Waals surface area contributed by atoms with Crippen molar-refractivity contribution in [1.29, 1.82) is 0 Å². The molecule has 1 aliphatic heterocycles. The summed E-state index contributed by atoms with van der Waals surface area (Å²) in [5.41, 5.74) is 0.423. The Morgan fingerprint density at radius 3 is 2.47 bits per heavy atom. The standard InChI is InChI=1S/C28H30F2N6O2/c1-21(28(37,18-36-20-31-19-33-36)25-9-7-23(29)15-26(25)30)34-11-13-35(14-12-34)24-8-10-27(32-16-24)38-17-22-5-3-2-4-6-22/h2-10,15-16,19-21,37H,11-14,17-18H2,1H3/t21-,28-/m1/s1. The maximum Gasteiger partial charge on any atom is 0.213 e. The highest BCUT2D eigenvalue weighted by Gasteiger charge is 2.42. The number of ether oxygens (including phenoxy) is 1. The van der Waals surface area contributed by atoms with E-state index in [9.17, 15) is 13.9 Å². The number of halogens is 2. The van der Waals surface area contributed by atoms with Gasteiger partial charge in [0.2, 0.25) is 5.88 Å². The first kappa shape index (κ1) is 25.7. The number of rotatable bonds is 9. The van der Waals surface area contributed by atoms with Crippen LogP contribution in [-0.2, 0) is 18.8 Å². The summed E-state index contributed by atoms with van der Waals surface area (Å²) < 4.78 is 35.8. The van der Waals surface area contributed by atoms with Crippen molar-refractivity contribution in [2.75, 3.05) is 31.1 Å². The summed E-state index contributed by atoms with van der Waals surface area (Å²) in [6.07, 6.45) is 4.63. The van der Waals surface area contributed by atoms with Gasteiger partial charge in [-0.1, -0.05) is 36.4 Å². The molecular formula is C28H30F2N6O2. The minimum Gasteiger partial charge on any atom is -0.473 e. The predicted molar refractivity (Wildman–Crippen MR) is 139 cm³/mol. The molecule has 0 saturated carbocycles. The number of hydrogen-bond acceptors (Lipinski definition) is 7. The molecule has 198 valence electrons. The summed E-state index contributed by atoms with van der Waals surface area (Å²) >= 11 is 0. The fourth-order valence-electron chi connectivity index (χ4n) is 4.89. The SMILES string of the molecule is C[C@@H](N1CCN(c2ccc(OCc3ccccc3)nc2)CC1)[C@](O)(Cn1cncn1)c1ccc(F)cc1F. The molecule has 1 N–H and O–H groups in total. The van der Waals surface area contributed by atoms with E-state index in [-0.39, 0.29) is 12.1 Å². The summed E-state index contributed by atoms with van der Waals surface area (Å²) in [6, 6.07) is 16.6. The van der Waals surface area contributed by atoms with Gasteiger partial charge in [0.25, 0.3) is 0 Å². The van der Waals surface area contributed by atoms with Crippen LogP contribution in [-0.4, -0.2) is 62.0 Å². The smallest absolute Gasteiger partial charge is 0.213 e. The van der Waals surface area contributed by atoms with E-state index in [1.165, 1.54) is 23.4 Å². The third-order valence-electron chi connectivity index (χ3n) is 7.14. The minimum absolute atomic E-state index is 0.0225. The second-order valence-corrected chi connectivity index (χ2v) is 9.47. The van der Waals surface area contributed by atoms with Crippen LogP contribution < -0.4 is 9.64 Å². The lowest BCUT2D eigenvalue weighted by molar-refractivity contribution is -0.0650. The van der Waals surface area contributed by atoms with Crippen molar-refractivity contribution in [3.63, 3.8) is 0 Å². The Morgan fingerprint density at radius 1 is 1.03 bits per heavy atom. The molecule has 1 aliphatic rings. The van der Waals surface area contributed by atoms with E-state index in [1.807, 2.05) is 49.4 Å². The van der Waals surface area contributed by atoms with Crippen LogP contribution in [0.25, 0.3) is 0 Å². The zero-order valence-electron chi connectivity index (χ0n) is 21.1. The molecule has 2 aromatic heterocycles. The third kappa shape index (κ3) is 5.66. The molecule has 2 aromatic carbocycles. The molecule has 0 amide bonds. The summed E-state index contributed by atoms with van der Waals surface area (Å²) in [4.78, 5) is 12.7. The molecular weight excluding hydrogens is 490 g/mol. The monoisotopic (exact) mass is 520 g/mol. The summed E-state index contributed by atoms with van der Waals surface area (Å²) in [7, 11) is 0. The number of pyridine rings is 1. The van der Waals surface area contributed by atoms with Crippen molar-refractivity contribution in [1.82, 2.24) is 24.6 Å². The van der Waals surface area contributed by atoms with Crippen LogP contribution in [0.5, 0.6) is 5.88 Å².